The molecular weight excluding hydrogens is 567 g/mol. The number of fused-ring (bicyclic) bond motifs is 5. The quantitative estimate of drug-likeness (QED) is 0.204. The van der Waals surface area contributed by atoms with Gasteiger partial charge in [0.15, 0.2) is 17.5 Å². The molecule has 0 fully saturated rings. The number of aromatic nitrogens is 3. The number of rotatable bonds is 4. The number of benzene rings is 7. The SMILES string of the molecule is c1ccc2cc(-c3ccc(-c4nc(-c5ccc6ccccc6c5)nc(-c5ccc6c(c5)sc5ccccc56)n4)cc3)ccc2c1. The third-order valence-electron chi connectivity index (χ3n) is 8.51. The van der Waals surface area contributed by atoms with E-state index in [0.29, 0.717) is 17.5 Å². The minimum Gasteiger partial charge on any atom is -0.208 e. The summed E-state index contributed by atoms with van der Waals surface area (Å²) in [6.45, 7) is 0. The lowest BCUT2D eigenvalue weighted by molar-refractivity contribution is 1.08. The molecule has 210 valence electrons. The summed E-state index contributed by atoms with van der Waals surface area (Å²) in [5, 5.41) is 7.36. The summed E-state index contributed by atoms with van der Waals surface area (Å²) >= 11 is 1.80. The predicted octanol–water partition coefficient (Wildman–Crippen LogP) is 11.2. The Kier molecular flexibility index (Phi) is 6.00. The van der Waals surface area contributed by atoms with Gasteiger partial charge in [-0.25, -0.2) is 15.0 Å². The van der Waals surface area contributed by atoms with Gasteiger partial charge in [0.1, 0.15) is 0 Å². The van der Waals surface area contributed by atoms with Crippen LogP contribution in [0, 0.1) is 0 Å². The van der Waals surface area contributed by atoms with Crippen LogP contribution < -0.4 is 0 Å². The second-order valence-electron chi connectivity index (χ2n) is 11.3. The lowest BCUT2D eigenvalue weighted by Gasteiger charge is -2.10. The molecule has 0 saturated carbocycles. The maximum absolute atomic E-state index is 5.05. The predicted molar refractivity (Wildman–Crippen MR) is 189 cm³/mol. The lowest BCUT2D eigenvalue weighted by atomic mass is 10.00. The Morgan fingerprint density at radius 2 is 0.778 bits per heavy atom. The van der Waals surface area contributed by atoms with Crippen molar-refractivity contribution in [3.8, 4) is 45.3 Å². The minimum absolute atomic E-state index is 0.657. The van der Waals surface area contributed by atoms with Crippen LogP contribution in [0.5, 0.6) is 0 Å². The average Bonchev–Trinajstić information content (AvgIpc) is 3.49. The Morgan fingerprint density at radius 1 is 0.311 bits per heavy atom. The zero-order chi connectivity index (χ0) is 29.7. The highest BCUT2D eigenvalue weighted by Gasteiger charge is 2.15. The highest BCUT2D eigenvalue weighted by atomic mass is 32.1. The molecule has 2 heterocycles. The van der Waals surface area contributed by atoms with E-state index in [-0.39, 0.29) is 0 Å². The second-order valence-corrected chi connectivity index (χ2v) is 12.4. The van der Waals surface area contributed by atoms with E-state index in [9.17, 15) is 0 Å². The first-order chi connectivity index (χ1) is 22.2. The van der Waals surface area contributed by atoms with Gasteiger partial charge in [0.25, 0.3) is 0 Å². The van der Waals surface area contributed by atoms with Gasteiger partial charge in [-0.2, -0.15) is 0 Å². The summed E-state index contributed by atoms with van der Waals surface area (Å²) in [5.74, 6) is 1.99. The van der Waals surface area contributed by atoms with Crippen molar-refractivity contribution in [3.05, 3.63) is 152 Å². The molecule has 45 heavy (non-hydrogen) atoms. The Labute approximate surface area is 264 Å². The van der Waals surface area contributed by atoms with Crippen LogP contribution in [0.4, 0.5) is 0 Å². The van der Waals surface area contributed by atoms with Gasteiger partial charge in [0, 0.05) is 36.9 Å². The van der Waals surface area contributed by atoms with Crippen molar-refractivity contribution in [2.45, 2.75) is 0 Å². The summed E-state index contributed by atoms with van der Waals surface area (Å²) in [6.07, 6.45) is 0. The van der Waals surface area contributed by atoms with E-state index in [2.05, 4.69) is 152 Å². The largest absolute Gasteiger partial charge is 0.208 e. The molecule has 3 nitrogen and oxygen atoms in total. The fraction of sp³-hybridized carbons (Fsp3) is 0. The number of hydrogen-bond acceptors (Lipinski definition) is 4. The molecule has 0 aliphatic heterocycles. The van der Waals surface area contributed by atoms with Crippen LogP contribution in [-0.4, -0.2) is 15.0 Å². The van der Waals surface area contributed by atoms with Crippen LogP contribution in [-0.2, 0) is 0 Å². The summed E-state index contributed by atoms with van der Waals surface area (Å²) in [4.78, 5) is 15.1. The summed E-state index contributed by atoms with van der Waals surface area (Å²) in [5.41, 5.74) is 5.24. The molecule has 7 aromatic carbocycles. The topological polar surface area (TPSA) is 38.7 Å². The van der Waals surface area contributed by atoms with Gasteiger partial charge < -0.3 is 0 Å². The van der Waals surface area contributed by atoms with Crippen molar-refractivity contribution in [2.75, 3.05) is 0 Å². The number of thiophene rings is 1. The zero-order valence-corrected chi connectivity index (χ0v) is 25.0. The third-order valence-corrected chi connectivity index (χ3v) is 9.64. The van der Waals surface area contributed by atoms with Crippen molar-refractivity contribution in [3.63, 3.8) is 0 Å². The monoisotopic (exact) mass is 591 g/mol. The van der Waals surface area contributed by atoms with Crippen molar-refractivity contribution < 1.29 is 0 Å². The number of nitrogens with zero attached hydrogens (tertiary/aromatic N) is 3. The Balaban J connectivity index is 1.17. The summed E-state index contributed by atoms with van der Waals surface area (Å²) < 4.78 is 2.51. The highest BCUT2D eigenvalue weighted by Crippen LogP contribution is 2.36. The normalized spacial score (nSPS) is 11.6. The second kappa shape index (κ2) is 10.5. The van der Waals surface area contributed by atoms with E-state index in [1.54, 1.807) is 11.3 Å². The fourth-order valence-electron chi connectivity index (χ4n) is 6.14. The van der Waals surface area contributed by atoms with Gasteiger partial charge in [-0.05, 0) is 56.9 Å². The molecule has 0 amide bonds. The maximum atomic E-state index is 5.05. The van der Waals surface area contributed by atoms with Crippen LogP contribution in [0.15, 0.2) is 152 Å². The van der Waals surface area contributed by atoms with Crippen LogP contribution in [0.1, 0.15) is 0 Å². The average molecular weight is 592 g/mol. The van der Waals surface area contributed by atoms with Gasteiger partial charge in [0.05, 0.1) is 0 Å². The molecule has 0 aliphatic rings. The summed E-state index contributed by atoms with van der Waals surface area (Å²) in [6, 6.07) is 53.5. The highest BCUT2D eigenvalue weighted by molar-refractivity contribution is 7.25. The van der Waals surface area contributed by atoms with Crippen LogP contribution >= 0.6 is 11.3 Å². The molecule has 9 rings (SSSR count). The van der Waals surface area contributed by atoms with Crippen LogP contribution in [0.25, 0.3) is 87.0 Å². The van der Waals surface area contributed by atoms with Gasteiger partial charge in [-0.15, -0.1) is 11.3 Å². The smallest absolute Gasteiger partial charge is 0.164 e. The van der Waals surface area contributed by atoms with Gasteiger partial charge >= 0.3 is 0 Å². The van der Waals surface area contributed by atoms with Crippen LogP contribution in [0.2, 0.25) is 0 Å². The van der Waals surface area contributed by atoms with E-state index in [4.69, 9.17) is 15.0 Å². The molecule has 0 radical (unpaired) electrons. The molecule has 0 unspecified atom stereocenters. The molecule has 4 heteroatoms. The van der Waals surface area contributed by atoms with E-state index < -0.39 is 0 Å². The Bertz CT molecular complexity index is 2550. The molecular formula is C41H25N3S. The molecule has 0 spiro atoms. The van der Waals surface area contributed by atoms with Crippen molar-refractivity contribution in [1.82, 2.24) is 15.0 Å². The fourth-order valence-corrected chi connectivity index (χ4v) is 7.28. The van der Waals surface area contributed by atoms with E-state index >= 15 is 0 Å². The van der Waals surface area contributed by atoms with E-state index in [1.165, 1.54) is 41.9 Å². The molecule has 0 N–H and O–H groups in total. The summed E-state index contributed by atoms with van der Waals surface area (Å²) in [7, 11) is 0. The minimum atomic E-state index is 0.657. The maximum Gasteiger partial charge on any atom is 0.164 e. The molecule has 0 aliphatic carbocycles. The molecule has 9 aromatic rings. The van der Waals surface area contributed by atoms with Crippen molar-refractivity contribution >= 4 is 53.1 Å². The third kappa shape index (κ3) is 4.64. The van der Waals surface area contributed by atoms with E-state index in [0.717, 1.165) is 27.6 Å². The van der Waals surface area contributed by atoms with Crippen molar-refractivity contribution in [2.24, 2.45) is 0 Å². The Morgan fingerprint density at radius 3 is 1.49 bits per heavy atom. The molecule has 0 bridgehead atoms. The first-order valence-corrected chi connectivity index (χ1v) is 15.8. The first kappa shape index (κ1) is 25.8. The lowest BCUT2D eigenvalue weighted by Crippen LogP contribution is -2.00. The Hall–Kier alpha value is -5.71. The molecule has 2 aromatic heterocycles. The van der Waals surface area contributed by atoms with E-state index in [1.807, 2.05) is 0 Å². The van der Waals surface area contributed by atoms with Crippen molar-refractivity contribution in [1.29, 1.82) is 0 Å². The van der Waals surface area contributed by atoms with Crippen LogP contribution in [0.3, 0.4) is 0 Å². The van der Waals surface area contributed by atoms with Gasteiger partial charge in [0.2, 0.25) is 0 Å². The standard InChI is InChI=1S/C41H25N3S/c1-3-9-30-23-32(19-15-26(30)7-1)28-13-17-29(18-14-28)39-42-40(33-20-16-27-8-2-4-10-31(27)24-33)44-41(43-39)34-21-22-36-35-11-5-6-12-37(35)45-38(36)25-34/h1-25H. The molecule has 0 saturated heterocycles. The zero-order valence-electron chi connectivity index (χ0n) is 24.2. The van der Waals surface area contributed by atoms with Gasteiger partial charge in [-0.1, -0.05) is 127 Å². The first-order valence-electron chi connectivity index (χ1n) is 15.0. The number of hydrogen-bond donors (Lipinski definition) is 0. The molecule has 0 atom stereocenters. The van der Waals surface area contributed by atoms with Gasteiger partial charge in [-0.3, -0.25) is 0 Å².